The van der Waals surface area contributed by atoms with Crippen LogP contribution >= 0.6 is 0 Å². The molecule has 146 valence electrons. The highest BCUT2D eigenvalue weighted by Crippen LogP contribution is 2.34. The van der Waals surface area contributed by atoms with Crippen LogP contribution in [-0.4, -0.2) is 31.4 Å². The van der Waals surface area contributed by atoms with Crippen LogP contribution < -0.4 is 20.3 Å². The molecule has 0 radical (unpaired) electrons. The Labute approximate surface area is 163 Å². The van der Waals surface area contributed by atoms with Gasteiger partial charge in [0.1, 0.15) is 5.75 Å². The molecule has 2 aromatic carbocycles. The summed E-state index contributed by atoms with van der Waals surface area (Å²) in [6, 6.07) is 12.5. The van der Waals surface area contributed by atoms with Crippen molar-refractivity contribution in [2.75, 3.05) is 29.2 Å². The minimum Gasteiger partial charge on any atom is -0.495 e. The number of rotatable bonds is 5. The minimum absolute atomic E-state index is 0.115. The molecule has 0 aliphatic carbocycles. The standard InChI is InChI=1S/C21H23N3O4/c1-13-7-8-19(28-3)18(9-13)24-12-15(10-20(24)26)21(27)23-17-6-4-5-16(11-17)22-14(2)25/h4-9,11,15H,10,12H2,1-3H3,(H,22,25)(H,23,27). The quantitative estimate of drug-likeness (QED) is 0.834. The molecule has 1 unspecified atom stereocenters. The van der Waals surface area contributed by atoms with Crippen LogP contribution in [0.3, 0.4) is 0 Å². The molecule has 2 aromatic rings. The van der Waals surface area contributed by atoms with Gasteiger partial charge in [0.05, 0.1) is 18.7 Å². The number of amides is 3. The molecule has 1 saturated heterocycles. The number of nitrogens with one attached hydrogen (secondary N) is 2. The van der Waals surface area contributed by atoms with Crippen LogP contribution in [0.2, 0.25) is 0 Å². The van der Waals surface area contributed by atoms with Gasteiger partial charge in [0.25, 0.3) is 0 Å². The molecule has 0 bridgehead atoms. The van der Waals surface area contributed by atoms with Crippen molar-refractivity contribution in [1.29, 1.82) is 0 Å². The van der Waals surface area contributed by atoms with E-state index in [1.54, 1.807) is 36.3 Å². The van der Waals surface area contributed by atoms with Gasteiger partial charge >= 0.3 is 0 Å². The number of hydrogen-bond acceptors (Lipinski definition) is 4. The molecule has 1 aliphatic rings. The van der Waals surface area contributed by atoms with E-state index >= 15 is 0 Å². The molecule has 0 spiro atoms. The third-order valence-corrected chi connectivity index (χ3v) is 4.57. The third-order valence-electron chi connectivity index (χ3n) is 4.57. The van der Waals surface area contributed by atoms with E-state index in [-0.39, 0.29) is 30.7 Å². The first-order chi connectivity index (χ1) is 13.4. The van der Waals surface area contributed by atoms with Crippen molar-refractivity contribution >= 4 is 34.8 Å². The average Bonchev–Trinajstić information content (AvgIpc) is 3.03. The van der Waals surface area contributed by atoms with Crippen LogP contribution in [0.4, 0.5) is 17.1 Å². The van der Waals surface area contributed by atoms with Crippen molar-refractivity contribution in [3.05, 3.63) is 48.0 Å². The number of carbonyl (C=O) groups excluding carboxylic acids is 3. The molecule has 7 heteroatoms. The fraction of sp³-hybridized carbons (Fsp3) is 0.286. The molecule has 7 nitrogen and oxygen atoms in total. The van der Waals surface area contributed by atoms with Crippen molar-refractivity contribution in [1.82, 2.24) is 0 Å². The molecule has 2 N–H and O–H groups in total. The Morgan fingerprint density at radius 3 is 2.50 bits per heavy atom. The molecular weight excluding hydrogens is 358 g/mol. The first-order valence-corrected chi connectivity index (χ1v) is 9.01. The number of ether oxygens (including phenoxy) is 1. The molecule has 1 fully saturated rings. The highest BCUT2D eigenvalue weighted by atomic mass is 16.5. The summed E-state index contributed by atoms with van der Waals surface area (Å²) in [4.78, 5) is 38.0. The van der Waals surface area contributed by atoms with Gasteiger partial charge in [0, 0.05) is 31.3 Å². The Bertz CT molecular complexity index is 926. The fourth-order valence-electron chi connectivity index (χ4n) is 3.25. The highest BCUT2D eigenvalue weighted by molar-refractivity contribution is 6.04. The van der Waals surface area contributed by atoms with Crippen molar-refractivity contribution < 1.29 is 19.1 Å². The number of hydrogen-bond donors (Lipinski definition) is 2. The van der Waals surface area contributed by atoms with Crippen LogP contribution in [0.5, 0.6) is 5.75 Å². The summed E-state index contributed by atoms with van der Waals surface area (Å²) in [5, 5.41) is 5.50. The number of anilines is 3. The van der Waals surface area contributed by atoms with Gasteiger partial charge in [-0.05, 0) is 42.8 Å². The molecule has 0 saturated carbocycles. The Kier molecular flexibility index (Phi) is 5.63. The second-order valence-corrected chi connectivity index (χ2v) is 6.83. The van der Waals surface area contributed by atoms with E-state index in [2.05, 4.69) is 10.6 Å². The van der Waals surface area contributed by atoms with Gasteiger partial charge in [0.2, 0.25) is 17.7 Å². The Balaban J connectivity index is 1.72. The SMILES string of the molecule is COc1ccc(C)cc1N1CC(C(=O)Nc2cccc(NC(C)=O)c2)CC1=O. The third kappa shape index (κ3) is 4.31. The van der Waals surface area contributed by atoms with Gasteiger partial charge in [-0.1, -0.05) is 12.1 Å². The predicted octanol–water partition coefficient (Wildman–Crippen LogP) is 2.95. The minimum atomic E-state index is -0.470. The first-order valence-electron chi connectivity index (χ1n) is 9.01. The summed E-state index contributed by atoms with van der Waals surface area (Å²) in [5.74, 6) is -0.406. The van der Waals surface area contributed by atoms with E-state index in [1.807, 2.05) is 25.1 Å². The summed E-state index contributed by atoms with van der Waals surface area (Å²) in [7, 11) is 1.56. The summed E-state index contributed by atoms with van der Waals surface area (Å²) in [6.45, 7) is 3.65. The van der Waals surface area contributed by atoms with Crippen molar-refractivity contribution in [2.45, 2.75) is 20.3 Å². The zero-order chi connectivity index (χ0) is 20.3. The Morgan fingerprint density at radius 2 is 1.82 bits per heavy atom. The number of carbonyl (C=O) groups is 3. The molecule has 3 amide bonds. The largest absolute Gasteiger partial charge is 0.495 e. The highest BCUT2D eigenvalue weighted by Gasteiger charge is 2.36. The molecule has 3 rings (SSSR count). The molecule has 1 heterocycles. The molecule has 1 atom stereocenters. The van der Waals surface area contributed by atoms with Gasteiger partial charge in [-0.3, -0.25) is 14.4 Å². The summed E-state index contributed by atoms with van der Waals surface area (Å²) < 4.78 is 5.37. The second kappa shape index (κ2) is 8.12. The van der Waals surface area contributed by atoms with E-state index in [9.17, 15) is 14.4 Å². The first kappa shape index (κ1) is 19.4. The second-order valence-electron chi connectivity index (χ2n) is 6.83. The van der Waals surface area contributed by atoms with Crippen molar-refractivity contribution in [2.24, 2.45) is 5.92 Å². The summed E-state index contributed by atoms with van der Waals surface area (Å²) >= 11 is 0. The predicted molar refractivity (Wildman–Crippen MR) is 108 cm³/mol. The van der Waals surface area contributed by atoms with Gasteiger partial charge in [-0.25, -0.2) is 0 Å². The summed E-state index contributed by atoms with van der Waals surface area (Å²) in [5.41, 5.74) is 2.84. The van der Waals surface area contributed by atoms with Crippen LogP contribution in [0.15, 0.2) is 42.5 Å². The van der Waals surface area contributed by atoms with E-state index < -0.39 is 5.92 Å². The molecular formula is C21H23N3O4. The van der Waals surface area contributed by atoms with Crippen molar-refractivity contribution in [3.8, 4) is 5.75 Å². The van der Waals surface area contributed by atoms with E-state index in [0.717, 1.165) is 5.56 Å². The molecule has 28 heavy (non-hydrogen) atoms. The van der Waals surface area contributed by atoms with E-state index in [1.165, 1.54) is 6.92 Å². The molecule has 0 aromatic heterocycles. The van der Waals surface area contributed by atoms with Crippen LogP contribution in [0.25, 0.3) is 0 Å². The molecule has 1 aliphatic heterocycles. The zero-order valence-electron chi connectivity index (χ0n) is 16.1. The fourth-order valence-corrected chi connectivity index (χ4v) is 3.25. The summed E-state index contributed by atoms with van der Waals surface area (Å²) in [6.07, 6.45) is 0.133. The maximum atomic E-state index is 12.7. The number of methoxy groups -OCH3 is 1. The smallest absolute Gasteiger partial charge is 0.229 e. The van der Waals surface area contributed by atoms with Gasteiger partial charge < -0.3 is 20.3 Å². The normalized spacial score (nSPS) is 16.0. The lowest BCUT2D eigenvalue weighted by Gasteiger charge is -2.20. The van der Waals surface area contributed by atoms with Gasteiger partial charge in [-0.2, -0.15) is 0 Å². The average molecular weight is 381 g/mol. The zero-order valence-corrected chi connectivity index (χ0v) is 16.1. The number of benzene rings is 2. The van der Waals surface area contributed by atoms with E-state index in [0.29, 0.717) is 22.8 Å². The van der Waals surface area contributed by atoms with E-state index in [4.69, 9.17) is 4.74 Å². The lowest BCUT2D eigenvalue weighted by atomic mass is 10.1. The number of aryl methyl sites for hydroxylation is 1. The lowest BCUT2D eigenvalue weighted by molar-refractivity contribution is -0.122. The monoisotopic (exact) mass is 381 g/mol. The maximum Gasteiger partial charge on any atom is 0.229 e. The van der Waals surface area contributed by atoms with Crippen LogP contribution in [-0.2, 0) is 14.4 Å². The Morgan fingerprint density at radius 1 is 1.11 bits per heavy atom. The van der Waals surface area contributed by atoms with Gasteiger partial charge in [0.15, 0.2) is 0 Å². The van der Waals surface area contributed by atoms with Crippen LogP contribution in [0.1, 0.15) is 18.9 Å². The van der Waals surface area contributed by atoms with Crippen LogP contribution in [0, 0.1) is 12.8 Å². The maximum absolute atomic E-state index is 12.7. The Hall–Kier alpha value is -3.35. The van der Waals surface area contributed by atoms with Crippen molar-refractivity contribution in [3.63, 3.8) is 0 Å². The topological polar surface area (TPSA) is 87.7 Å². The lowest BCUT2D eigenvalue weighted by Crippen LogP contribution is -2.28. The number of nitrogens with zero attached hydrogens (tertiary/aromatic N) is 1. The van der Waals surface area contributed by atoms with Gasteiger partial charge in [-0.15, -0.1) is 0 Å².